The second-order valence-electron chi connectivity index (χ2n) is 8.80. The standard InChI is InChI=1S/C24H26BFN4O6/c1-3-29-10-11-30(23(33)22(29)32)24(34)28-20(19-17(26)8-5-9-27-19)18(31)13-16-12-15-7-4-6-14(2)21(15)36-25(16)35/h4-9,16,20,35H,3,10-13H2,1-2H3,(H,28,34)/t16-,20?/m1/s1. The number of ketones is 1. The Morgan fingerprint density at radius 1 is 1.25 bits per heavy atom. The summed E-state index contributed by atoms with van der Waals surface area (Å²) in [7, 11) is -1.28. The van der Waals surface area contributed by atoms with Gasteiger partial charge in [-0.05, 0) is 43.5 Å². The molecule has 4 rings (SSSR count). The van der Waals surface area contributed by atoms with E-state index in [1.54, 1.807) is 6.92 Å². The molecule has 2 atom stereocenters. The molecule has 2 N–H and O–H groups in total. The summed E-state index contributed by atoms with van der Waals surface area (Å²) >= 11 is 0. The number of Topliss-reactive ketones (excluding diaryl/α,β-unsaturated/α-hetero) is 1. The highest BCUT2D eigenvalue weighted by Gasteiger charge is 2.41. The first kappa shape index (κ1) is 25.3. The van der Waals surface area contributed by atoms with Crippen molar-refractivity contribution in [3.8, 4) is 5.75 Å². The molecule has 0 saturated carbocycles. The Labute approximate surface area is 207 Å². The Morgan fingerprint density at radius 3 is 2.75 bits per heavy atom. The van der Waals surface area contributed by atoms with Crippen molar-refractivity contribution < 1.29 is 33.2 Å². The molecular formula is C24H26BFN4O6. The highest BCUT2D eigenvalue weighted by atomic mass is 19.1. The van der Waals surface area contributed by atoms with Crippen molar-refractivity contribution >= 4 is 30.7 Å². The number of piperazine rings is 1. The number of nitrogens with zero attached hydrogens (tertiary/aromatic N) is 3. The van der Waals surface area contributed by atoms with Crippen LogP contribution in [0.4, 0.5) is 9.18 Å². The van der Waals surface area contributed by atoms with Gasteiger partial charge in [0.25, 0.3) is 0 Å². The maximum Gasteiger partial charge on any atom is 0.526 e. The van der Waals surface area contributed by atoms with Gasteiger partial charge in [0.15, 0.2) is 5.78 Å². The molecule has 0 aliphatic carbocycles. The highest BCUT2D eigenvalue weighted by Crippen LogP contribution is 2.36. The van der Waals surface area contributed by atoms with Gasteiger partial charge in [-0.1, -0.05) is 18.2 Å². The molecule has 12 heteroatoms. The van der Waals surface area contributed by atoms with Gasteiger partial charge in [-0.2, -0.15) is 0 Å². The second kappa shape index (κ2) is 10.4. The van der Waals surface area contributed by atoms with Gasteiger partial charge in [0.2, 0.25) is 0 Å². The third-order valence-corrected chi connectivity index (χ3v) is 6.47. The number of carbonyl (C=O) groups is 4. The van der Waals surface area contributed by atoms with Crippen molar-refractivity contribution in [2.24, 2.45) is 0 Å². The van der Waals surface area contributed by atoms with Gasteiger partial charge in [0, 0.05) is 38.1 Å². The van der Waals surface area contributed by atoms with Crippen molar-refractivity contribution in [2.45, 2.75) is 38.5 Å². The number of nitrogens with one attached hydrogen (secondary N) is 1. The third kappa shape index (κ3) is 4.94. The van der Waals surface area contributed by atoms with E-state index in [2.05, 4.69) is 10.3 Å². The van der Waals surface area contributed by atoms with E-state index in [9.17, 15) is 28.6 Å². The van der Waals surface area contributed by atoms with Crippen LogP contribution >= 0.6 is 0 Å². The van der Waals surface area contributed by atoms with Crippen molar-refractivity contribution in [2.75, 3.05) is 19.6 Å². The molecule has 1 aromatic carbocycles. The maximum atomic E-state index is 14.6. The zero-order valence-electron chi connectivity index (χ0n) is 19.9. The lowest BCUT2D eigenvalue weighted by molar-refractivity contribution is -0.153. The lowest BCUT2D eigenvalue weighted by atomic mass is 9.64. The fourth-order valence-corrected chi connectivity index (χ4v) is 4.48. The fourth-order valence-electron chi connectivity index (χ4n) is 4.48. The lowest BCUT2D eigenvalue weighted by Gasteiger charge is -2.33. The number of fused-ring (bicyclic) bond motifs is 1. The van der Waals surface area contributed by atoms with Crippen molar-refractivity contribution in [1.29, 1.82) is 0 Å². The van der Waals surface area contributed by atoms with Crippen LogP contribution in [0.1, 0.15) is 36.2 Å². The fraction of sp³-hybridized carbons (Fsp3) is 0.375. The normalized spacial score (nSPS) is 18.4. The number of para-hydroxylation sites is 1. The van der Waals surface area contributed by atoms with E-state index in [4.69, 9.17) is 4.65 Å². The van der Waals surface area contributed by atoms with Gasteiger partial charge in [-0.15, -0.1) is 0 Å². The quantitative estimate of drug-likeness (QED) is 0.457. The summed E-state index contributed by atoms with van der Waals surface area (Å²) in [6, 6.07) is 5.41. The zero-order valence-corrected chi connectivity index (χ0v) is 19.9. The van der Waals surface area contributed by atoms with Crippen molar-refractivity contribution in [3.63, 3.8) is 0 Å². The van der Waals surface area contributed by atoms with Crippen molar-refractivity contribution in [1.82, 2.24) is 20.1 Å². The third-order valence-electron chi connectivity index (χ3n) is 6.47. The number of hydrogen-bond donors (Lipinski definition) is 2. The molecule has 1 fully saturated rings. The number of benzene rings is 1. The average molecular weight is 496 g/mol. The average Bonchev–Trinajstić information content (AvgIpc) is 2.85. The SMILES string of the molecule is CCN1CCN(C(=O)NC(C(=O)C[C@H]2Cc3cccc(C)c3OB2O)c2ncccc2F)C(=O)C1=O. The number of amides is 4. The van der Waals surface area contributed by atoms with E-state index in [1.807, 2.05) is 25.1 Å². The van der Waals surface area contributed by atoms with Crippen LogP contribution in [0.2, 0.25) is 5.82 Å². The van der Waals surface area contributed by atoms with Crippen LogP contribution in [0, 0.1) is 12.7 Å². The second-order valence-corrected chi connectivity index (χ2v) is 8.80. The Morgan fingerprint density at radius 2 is 2.03 bits per heavy atom. The molecule has 4 amide bonds. The molecule has 2 aromatic rings. The molecule has 188 valence electrons. The first-order valence-corrected chi connectivity index (χ1v) is 11.7. The summed E-state index contributed by atoms with van der Waals surface area (Å²) in [5, 5.41) is 12.9. The topological polar surface area (TPSA) is 129 Å². The molecule has 0 bridgehead atoms. The van der Waals surface area contributed by atoms with E-state index in [-0.39, 0.29) is 25.2 Å². The number of halogens is 1. The molecule has 2 aliphatic rings. The molecule has 3 heterocycles. The van der Waals surface area contributed by atoms with E-state index < -0.39 is 48.4 Å². The van der Waals surface area contributed by atoms with Gasteiger partial charge in [0.1, 0.15) is 23.3 Å². The van der Waals surface area contributed by atoms with E-state index in [1.165, 1.54) is 17.2 Å². The first-order valence-electron chi connectivity index (χ1n) is 11.7. The van der Waals surface area contributed by atoms with Crippen molar-refractivity contribution in [3.05, 3.63) is 59.2 Å². The molecule has 0 spiro atoms. The predicted molar refractivity (Wildman–Crippen MR) is 126 cm³/mol. The summed E-state index contributed by atoms with van der Waals surface area (Å²) in [4.78, 5) is 56.9. The molecule has 1 unspecified atom stereocenters. The minimum absolute atomic E-state index is 0.0683. The molecule has 0 radical (unpaired) electrons. The summed E-state index contributed by atoms with van der Waals surface area (Å²) in [5.41, 5.74) is 1.34. The Hall–Kier alpha value is -3.80. The Bertz CT molecular complexity index is 1210. The number of likely N-dealkylation sites (N-methyl/N-ethyl adjacent to an activating group) is 1. The molecule has 10 nitrogen and oxygen atoms in total. The van der Waals surface area contributed by atoms with Crippen LogP contribution in [-0.4, -0.2) is 70.2 Å². The number of carbonyl (C=O) groups excluding carboxylic acids is 4. The number of urea groups is 1. The van der Waals surface area contributed by atoms with E-state index in [0.717, 1.165) is 17.2 Å². The van der Waals surface area contributed by atoms with Crippen LogP contribution < -0.4 is 9.97 Å². The number of aromatic nitrogens is 1. The largest absolute Gasteiger partial charge is 0.536 e. The van der Waals surface area contributed by atoms with Gasteiger partial charge >= 0.3 is 25.0 Å². The van der Waals surface area contributed by atoms with Gasteiger partial charge in [0.05, 0.1) is 0 Å². The highest BCUT2D eigenvalue weighted by molar-refractivity contribution is 6.46. The van der Waals surface area contributed by atoms with Gasteiger partial charge in [-0.3, -0.25) is 24.3 Å². The molecular weight excluding hydrogens is 470 g/mol. The number of imide groups is 1. The minimum Gasteiger partial charge on any atom is -0.536 e. The van der Waals surface area contributed by atoms with Gasteiger partial charge < -0.3 is 19.9 Å². The number of aryl methyl sites for hydroxylation is 1. The molecule has 2 aliphatic heterocycles. The van der Waals surface area contributed by atoms with Crippen LogP contribution in [0.25, 0.3) is 0 Å². The van der Waals surface area contributed by atoms with E-state index in [0.29, 0.717) is 23.6 Å². The summed E-state index contributed by atoms with van der Waals surface area (Å²) in [6.07, 6.45) is 1.35. The summed E-state index contributed by atoms with van der Waals surface area (Å²) in [6.45, 7) is 3.95. The summed E-state index contributed by atoms with van der Waals surface area (Å²) < 4.78 is 20.3. The van der Waals surface area contributed by atoms with Crippen LogP contribution in [0.15, 0.2) is 36.5 Å². The lowest BCUT2D eigenvalue weighted by Crippen LogP contribution is -2.58. The van der Waals surface area contributed by atoms with E-state index >= 15 is 0 Å². The molecule has 36 heavy (non-hydrogen) atoms. The first-order chi connectivity index (χ1) is 17.2. The Balaban J connectivity index is 1.55. The number of rotatable bonds is 6. The number of hydrogen-bond acceptors (Lipinski definition) is 7. The van der Waals surface area contributed by atoms with Crippen LogP contribution in [0.5, 0.6) is 5.75 Å². The van der Waals surface area contributed by atoms with Crippen LogP contribution in [-0.2, 0) is 20.8 Å². The monoisotopic (exact) mass is 496 g/mol. The predicted octanol–water partition coefficient (Wildman–Crippen LogP) is 1.42. The smallest absolute Gasteiger partial charge is 0.526 e. The Kier molecular flexibility index (Phi) is 7.34. The van der Waals surface area contributed by atoms with Crippen LogP contribution in [0.3, 0.4) is 0 Å². The number of pyridine rings is 1. The zero-order chi connectivity index (χ0) is 26.0. The van der Waals surface area contributed by atoms with Gasteiger partial charge in [-0.25, -0.2) is 9.18 Å². The molecule has 1 saturated heterocycles. The molecule has 1 aromatic heterocycles. The minimum atomic E-state index is -1.54. The summed E-state index contributed by atoms with van der Waals surface area (Å²) in [5.74, 6) is -3.41. The maximum absolute atomic E-state index is 14.6.